The first-order valence-electron chi connectivity index (χ1n) is 7.68. The van der Waals surface area contributed by atoms with Crippen molar-refractivity contribution in [3.05, 3.63) is 42.0 Å². The number of esters is 1. The molecule has 1 rings (SSSR count). The van der Waals surface area contributed by atoms with Gasteiger partial charge in [0.1, 0.15) is 11.9 Å². The van der Waals surface area contributed by atoms with Gasteiger partial charge in [-0.05, 0) is 50.5 Å². The predicted octanol–water partition coefficient (Wildman–Crippen LogP) is 3.89. The topological polar surface area (TPSA) is 44.8 Å². The van der Waals surface area contributed by atoms with Gasteiger partial charge < -0.3 is 14.2 Å². The summed E-state index contributed by atoms with van der Waals surface area (Å²) in [5.74, 6) is 0.690. The molecule has 122 valence electrons. The Bertz CT molecular complexity index is 451. The van der Waals surface area contributed by atoms with Crippen molar-refractivity contribution in [1.82, 2.24) is 0 Å². The molecule has 0 unspecified atom stereocenters. The summed E-state index contributed by atoms with van der Waals surface area (Å²) in [6, 6.07) is 7.80. The number of rotatable bonds is 10. The second kappa shape index (κ2) is 10.9. The second-order valence-electron chi connectivity index (χ2n) is 5.08. The lowest BCUT2D eigenvalue weighted by atomic mass is 10.2. The first-order chi connectivity index (χ1) is 10.7. The summed E-state index contributed by atoms with van der Waals surface area (Å²) in [5, 5.41) is 0. The van der Waals surface area contributed by atoms with Gasteiger partial charge in [0.15, 0.2) is 0 Å². The quantitative estimate of drug-likeness (QED) is 0.374. The third kappa shape index (κ3) is 7.84. The van der Waals surface area contributed by atoms with Gasteiger partial charge in [-0.1, -0.05) is 18.2 Å². The van der Waals surface area contributed by atoms with Crippen molar-refractivity contribution >= 4 is 5.97 Å². The van der Waals surface area contributed by atoms with Gasteiger partial charge in [0.05, 0.1) is 13.7 Å². The highest BCUT2D eigenvalue weighted by atomic mass is 16.5. The van der Waals surface area contributed by atoms with E-state index in [2.05, 4.69) is 0 Å². The molecular weight excluding hydrogens is 280 g/mol. The van der Waals surface area contributed by atoms with Gasteiger partial charge in [0.25, 0.3) is 0 Å². The second-order valence-corrected chi connectivity index (χ2v) is 5.08. The first kappa shape index (κ1) is 18.2. The van der Waals surface area contributed by atoms with Crippen molar-refractivity contribution in [1.29, 1.82) is 0 Å². The van der Waals surface area contributed by atoms with E-state index in [9.17, 15) is 4.79 Å². The molecule has 22 heavy (non-hydrogen) atoms. The Labute approximate surface area is 133 Å². The van der Waals surface area contributed by atoms with E-state index in [1.54, 1.807) is 7.11 Å². The molecule has 0 bridgehead atoms. The van der Waals surface area contributed by atoms with Gasteiger partial charge in [-0.2, -0.15) is 0 Å². The summed E-state index contributed by atoms with van der Waals surface area (Å²) < 4.78 is 15.9. The fraction of sp³-hybridized carbons (Fsp3) is 0.500. The summed E-state index contributed by atoms with van der Waals surface area (Å²) in [4.78, 5) is 11.5. The van der Waals surface area contributed by atoms with Gasteiger partial charge in [0, 0.05) is 13.0 Å². The number of carbonyl (C=O) groups is 1. The van der Waals surface area contributed by atoms with Crippen LogP contribution in [0.25, 0.3) is 0 Å². The zero-order valence-corrected chi connectivity index (χ0v) is 13.7. The highest BCUT2D eigenvalue weighted by Gasteiger charge is 2.06. The maximum atomic E-state index is 11.5. The average Bonchev–Trinajstić information content (AvgIpc) is 2.51. The summed E-state index contributed by atoms with van der Waals surface area (Å²) >= 11 is 0. The van der Waals surface area contributed by atoms with Crippen molar-refractivity contribution < 1.29 is 19.0 Å². The molecule has 4 heteroatoms. The van der Waals surface area contributed by atoms with E-state index in [0.717, 1.165) is 24.2 Å². The maximum absolute atomic E-state index is 11.5. The fourth-order valence-corrected chi connectivity index (χ4v) is 1.96. The normalized spacial score (nSPS) is 12.3. The molecule has 1 aromatic rings. The standard InChI is InChI=1S/C18H26O4/c1-4-7-15(2)22-18(19)8-5-6-13-21-14-16-9-11-17(20-3)12-10-16/h4,7,9-12,15H,5-6,8,13-14H2,1-3H3/b7-4+/t15-/m1/s1. The Hall–Kier alpha value is -1.81. The minimum atomic E-state index is -0.152. The maximum Gasteiger partial charge on any atom is 0.306 e. The van der Waals surface area contributed by atoms with Crippen LogP contribution in [0.2, 0.25) is 0 Å². The number of hydrogen-bond donors (Lipinski definition) is 0. The van der Waals surface area contributed by atoms with Crippen molar-refractivity contribution in [3.8, 4) is 5.75 Å². The minimum Gasteiger partial charge on any atom is -0.497 e. The molecular formula is C18H26O4. The summed E-state index contributed by atoms with van der Waals surface area (Å²) in [6.07, 6.45) is 5.66. The Balaban J connectivity index is 2.06. The predicted molar refractivity (Wildman–Crippen MR) is 86.9 cm³/mol. The van der Waals surface area contributed by atoms with Crippen LogP contribution < -0.4 is 4.74 Å². The third-order valence-corrected chi connectivity index (χ3v) is 3.13. The van der Waals surface area contributed by atoms with Crippen LogP contribution in [0.4, 0.5) is 0 Å². The largest absolute Gasteiger partial charge is 0.497 e. The molecule has 0 fully saturated rings. The van der Waals surface area contributed by atoms with Gasteiger partial charge in [-0.25, -0.2) is 0 Å². The van der Waals surface area contributed by atoms with E-state index >= 15 is 0 Å². The smallest absolute Gasteiger partial charge is 0.306 e. The summed E-state index contributed by atoms with van der Waals surface area (Å²) in [7, 11) is 1.65. The highest BCUT2D eigenvalue weighted by Crippen LogP contribution is 2.12. The van der Waals surface area contributed by atoms with Crippen LogP contribution in [-0.2, 0) is 20.9 Å². The Kier molecular flexibility index (Phi) is 9.00. The van der Waals surface area contributed by atoms with E-state index in [1.807, 2.05) is 50.3 Å². The number of ether oxygens (including phenoxy) is 3. The fourth-order valence-electron chi connectivity index (χ4n) is 1.96. The molecule has 0 aromatic heterocycles. The molecule has 0 N–H and O–H groups in total. The van der Waals surface area contributed by atoms with Gasteiger partial charge >= 0.3 is 5.97 Å². The van der Waals surface area contributed by atoms with Crippen LogP contribution in [0.15, 0.2) is 36.4 Å². The number of benzene rings is 1. The number of allylic oxidation sites excluding steroid dienone is 1. The lowest BCUT2D eigenvalue weighted by Gasteiger charge is -2.09. The molecule has 0 aliphatic carbocycles. The van der Waals surface area contributed by atoms with Gasteiger partial charge in [-0.3, -0.25) is 4.79 Å². The van der Waals surface area contributed by atoms with Crippen LogP contribution in [0.3, 0.4) is 0 Å². The number of methoxy groups -OCH3 is 1. The van der Waals surface area contributed by atoms with Crippen LogP contribution in [0.1, 0.15) is 38.7 Å². The molecule has 0 amide bonds. The van der Waals surface area contributed by atoms with Crippen molar-refractivity contribution in [2.24, 2.45) is 0 Å². The zero-order valence-electron chi connectivity index (χ0n) is 13.7. The Morgan fingerprint density at radius 2 is 1.95 bits per heavy atom. The molecule has 0 aliphatic heterocycles. The molecule has 0 spiro atoms. The van der Waals surface area contributed by atoms with Crippen LogP contribution in [0, 0.1) is 0 Å². The Morgan fingerprint density at radius 1 is 1.23 bits per heavy atom. The zero-order chi connectivity index (χ0) is 16.2. The lowest BCUT2D eigenvalue weighted by molar-refractivity contribution is -0.146. The van der Waals surface area contributed by atoms with Gasteiger partial charge in [0.2, 0.25) is 0 Å². The van der Waals surface area contributed by atoms with Crippen LogP contribution >= 0.6 is 0 Å². The SMILES string of the molecule is C/C=C/[C@@H](C)OC(=O)CCCCOCc1ccc(OC)cc1. The highest BCUT2D eigenvalue weighted by molar-refractivity contribution is 5.69. The molecule has 0 heterocycles. The van der Waals surface area contributed by atoms with E-state index < -0.39 is 0 Å². The van der Waals surface area contributed by atoms with Crippen molar-refractivity contribution in [3.63, 3.8) is 0 Å². The minimum absolute atomic E-state index is 0.149. The monoisotopic (exact) mass is 306 g/mol. The van der Waals surface area contributed by atoms with Crippen LogP contribution in [-0.4, -0.2) is 25.8 Å². The molecule has 1 atom stereocenters. The summed E-state index contributed by atoms with van der Waals surface area (Å²) in [6.45, 7) is 4.98. The number of unbranched alkanes of at least 4 members (excludes halogenated alkanes) is 1. The van der Waals surface area contributed by atoms with Crippen molar-refractivity contribution in [2.45, 2.75) is 45.8 Å². The lowest BCUT2D eigenvalue weighted by Crippen LogP contribution is -2.12. The third-order valence-electron chi connectivity index (χ3n) is 3.13. The van der Waals surface area contributed by atoms with E-state index in [1.165, 1.54) is 0 Å². The molecule has 0 aliphatic rings. The molecule has 1 aromatic carbocycles. The van der Waals surface area contributed by atoms with Crippen LogP contribution in [0.5, 0.6) is 5.75 Å². The Morgan fingerprint density at radius 3 is 2.59 bits per heavy atom. The van der Waals surface area contributed by atoms with E-state index in [0.29, 0.717) is 19.6 Å². The van der Waals surface area contributed by atoms with Gasteiger partial charge in [-0.15, -0.1) is 0 Å². The number of carbonyl (C=O) groups excluding carboxylic acids is 1. The van der Waals surface area contributed by atoms with Crippen molar-refractivity contribution in [2.75, 3.05) is 13.7 Å². The molecule has 0 saturated carbocycles. The number of hydrogen-bond acceptors (Lipinski definition) is 4. The average molecular weight is 306 g/mol. The molecule has 4 nitrogen and oxygen atoms in total. The molecule has 0 saturated heterocycles. The summed E-state index contributed by atoms with van der Waals surface area (Å²) in [5.41, 5.74) is 1.11. The molecule has 0 radical (unpaired) electrons. The van der Waals surface area contributed by atoms with E-state index in [4.69, 9.17) is 14.2 Å². The first-order valence-corrected chi connectivity index (χ1v) is 7.68. The van der Waals surface area contributed by atoms with E-state index in [-0.39, 0.29) is 12.1 Å².